The minimum absolute atomic E-state index is 0.0838. The number of nitrogen functional groups attached to an aromatic ring is 1. The number of ether oxygens (including phenoxy) is 1. The van der Waals surface area contributed by atoms with Gasteiger partial charge in [0.15, 0.2) is 11.6 Å². The summed E-state index contributed by atoms with van der Waals surface area (Å²) in [6, 6.07) is 1.67. The van der Waals surface area contributed by atoms with E-state index in [1.807, 2.05) is 5.43 Å². The quantitative estimate of drug-likeness (QED) is 0.628. The van der Waals surface area contributed by atoms with Gasteiger partial charge in [-0.15, -0.1) is 0 Å². The molecule has 3 N–H and O–H groups in total. The summed E-state index contributed by atoms with van der Waals surface area (Å²) in [5.41, 5.74) is 1.35. The summed E-state index contributed by atoms with van der Waals surface area (Å²) >= 11 is 0. The molecule has 0 saturated carbocycles. The van der Waals surface area contributed by atoms with Gasteiger partial charge in [-0.2, -0.15) is 0 Å². The highest BCUT2D eigenvalue weighted by atomic mass is 19.1. The molecular formula is C12H17F2N3O2. The highest BCUT2D eigenvalue weighted by Crippen LogP contribution is 2.20. The van der Waals surface area contributed by atoms with E-state index in [1.165, 1.54) is 19.1 Å². The number of amides is 1. The standard InChI is InChI=1S/C12H17F2N3O2/c1-7(6-19-3)17(2)12(18)8-4-9(13)11(16-15)10(14)5-8/h4-5,7,16H,6,15H2,1-3H3. The molecule has 0 radical (unpaired) electrons. The predicted molar refractivity (Wildman–Crippen MR) is 67.6 cm³/mol. The van der Waals surface area contributed by atoms with Crippen LogP contribution in [0.1, 0.15) is 17.3 Å². The van der Waals surface area contributed by atoms with Crippen LogP contribution in [0.5, 0.6) is 0 Å². The lowest BCUT2D eigenvalue weighted by atomic mass is 10.1. The molecule has 1 aromatic rings. The first-order valence-electron chi connectivity index (χ1n) is 5.64. The predicted octanol–water partition coefficient (Wildman–Crippen LogP) is 1.36. The molecule has 0 saturated heterocycles. The van der Waals surface area contributed by atoms with Crippen LogP contribution in [0.15, 0.2) is 12.1 Å². The summed E-state index contributed by atoms with van der Waals surface area (Å²) in [6.45, 7) is 2.10. The van der Waals surface area contributed by atoms with Gasteiger partial charge in [-0.05, 0) is 19.1 Å². The second kappa shape index (κ2) is 6.44. The summed E-state index contributed by atoms with van der Waals surface area (Å²) in [7, 11) is 3.05. The number of carbonyl (C=O) groups is 1. The van der Waals surface area contributed by atoms with Gasteiger partial charge in [0.2, 0.25) is 0 Å². The molecule has 106 valence electrons. The van der Waals surface area contributed by atoms with E-state index in [0.717, 1.165) is 12.1 Å². The van der Waals surface area contributed by atoms with Crippen LogP contribution < -0.4 is 11.3 Å². The number of hydrogen-bond acceptors (Lipinski definition) is 4. The third-order valence-electron chi connectivity index (χ3n) is 2.82. The molecule has 0 spiro atoms. The lowest BCUT2D eigenvalue weighted by Crippen LogP contribution is -2.37. The number of hydrazine groups is 1. The maximum Gasteiger partial charge on any atom is 0.254 e. The first kappa shape index (κ1) is 15.3. The molecule has 0 fully saturated rings. The molecule has 0 aliphatic rings. The third kappa shape index (κ3) is 3.39. The number of nitrogens with zero attached hydrogens (tertiary/aromatic N) is 1. The SMILES string of the molecule is COCC(C)N(C)C(=O)c1cc(F)c(NN)c(F)c1. The topological polar surface area (TPSA) is 67.6 Å². The molecule has 0 heterocycles. The molecule has 19 heavy (non-hydrogen) atoms. The van der Waals surface area contributed by atoms with Crippen molar-refractivity contribution in [3.8, 4) is 0 Å². The van der Waals surface area contributed by atoms with Crippen LogP contribution in [0.2, 0.25) is 0 Å². The lowest BCUT2D eigenvalue weighted by molar-refractivity contribution is 0.0632. The number of nitrogens with two attached hydrogens (primary N) is 1. The Hall–Kier alpha value is -1.73. The van der Waals surface area contributed by atoms with Gasteiger partial charge in [0, 0.05) is 19.7 Å². The molecule has 1 amide bonds. The second-order valence-corrected chi connectivity index (χ2v) is 4.18. The van der Waals surface area contributed by atoms with E-state index in [-0.39, 0.29) is 11.6 Å². The highest BCUT2D eigenvalue weighted by Gasteiger charge is 2.20. The van der Waals surface area contributed by atoms with Crippen molar-refractivity contribution < 1.29 is 18.3 Å². The minimum Gasteiger partial charge on any atom is -0.383 e. The molecule has 1 aromatic carbocycles. The molecular weight excluding hydrogens is 256 g/mol. The average molecular weight is 273 g/mol. The molecule has 0 aliphatic heterocycles. The fourth-order valence-corrected chi connectivity index (χ4v) is 1.59. The monoisotopic (exact) mass is 273 g/mol. The van der Waals surface area contributed by atoms with Crippen LogP contribution in [0.4, 0.5) is 14.5 Å². The van der Waals surface area contributed by atoms with Gasteiger partial charge in [0.05, 0.1) is 12.6 Å². The Labute approximate surface area is 110 Å². The van der Waals surface area contributed by atoms with E-state index in [2.05, 4.69) is 0 Å². The van der Waals surface area contributed by atoms with Gasteiger partial charge in [0.25, 0.3) is 5.91 Å². The average Bonchev–Trinajstić information content (AvgIpc) is 2.36. The Morgan fingerprint density at radius 1 is 1.47 bits per heavy atom. The summed E-state index contributed by atoms with van der Waals surface area (Å²) in [4.78, 5) is 13.4. The smallest absolute Gasteiger partial charge is 0.254 e. The Kier molecular flexibility index (Phi) is 5.20. The zero-order valence-electron chi connectivity index (χ0n) is 11.0. The largest absolute Gasteiger partial charge is 0.383 e. The van der Waals surface area contributed by atoms with E-state index in [1.54, 1.807) is 6.92 Å². The minimum atomic E-state index is -0.918. The fourth-order valence-electron chi connectivity index (χ4n) is 1.59. The summed E-state index contributed by atoms with van der Waals surface area (Å²) < 4.78 is 31.9. The maximum atomic E-state index is 13.5. The third-order valence-corrected chi connectivity index (χ3v) is 2.82. The molecule has 0 bridgehead atoms. The Bertz CT molecular complexity index is 445. The van der Waals surface area contributed by atoms with Gasteiger partial charge in [-0.25, -0.2) is 8.78 Å². The summed E-state index contributed by atoms with van der Waals surface area (Å²) in [5.74, 6) is 2.65. The van der Waals surface area contributed by atoms with Crippen LogP contribution in [-0.4, -0.2) is 37.6 Å². The number of anilines is 1. The normalized spacial score (nSPS) is 12.1. The zero-order valence-corrected chi connectivity index (χ0v) is 11.0. The molecule has 5 nitrogen and oxygen atoms in total. The Balaban J connectivity index is 3.00. The van der Waals surface area contributed by atoms with Crippen molar-refractivity contribution in [2.45, 2.75) is 13.0 Å². The lowest BCUT2D eigenvalue weighted by Gasteiger charge is -2.24. The van der Waals surface area contributed by atoms with Gasteiger partial charge < -0.3 is 15.1 Å². The fraction of sp³-hybridized carbons (Fsp3) is 0.417. The van der Waals surface area contributed by atoms with Crippen LogP contribution in [0, 0.1) is 11.6 Å². The van der Waals surface area contributed by atoms with Crippen LogP contribution in [0.3, 0.4) is 0 Å². The number of nitrogens with one attached hydrogen (secondary N) is 1. The van der Waals surface area contributed by atoms with Gasteiger partial charge >= 0.3 is 0 Å². The van der Waals surface area contributed by atoms with E-state index < -0.39 is 23.2 Å². The van der Waals surface area contributed by atoms with Crippen molar-refractivity contribution >= 4 is 11.6 Å². The molecule has 1 rings (SSSR count). The Morgan fingerprint density at radius 3 is 2.42 bits per heavy atom. The second-order valence-electron chi connectivity index (χ2n) is 4.18. The summed E-state index contributed by atoms with van der Waals surface area (Å²) in [6.07, 6.45) is 0. The number of methoxy groups -OCH3 is 1. The molecule has 1 atom stereocenters. The molecule has 0 aliphatic carbocycles. The van der Waals surface area contributed by atoms with E-state index in [4.69, 9.17) is 10.6 Å². The maximum absolute atomic E-state index is 13.5. The first-order valence-corrected chi connectivity index (χ1v) is 5.64. The van der Waals surface area contributed by atoms with Crippen LogP contribution >= 0.6 is 0 Å². The summed E-state index contributed by atoms with van der Waals surface area (Å²) in [5, 5.41) is 0. The molecule has 0 aromatic heterocycles. The first-order chi connectivity index (χ1) is 8.92. The number of benzene rings is 1. The highest BCUT2D eigenvalue weighted by molar-refractivity contribution is 5.94. The number of carbonyl (C=O) groups excluding carboxylic acids is 1. The van der Waals surface area contributed by atoms with Crippen molar-refractivity contribution in [2.24, 2.45) is 5.84 Å². The van der Waals surface area contributed by atoms with E-state index in [9.17, 15) is 13.6 Å². The van der Waals surface area contributed by atoms with Gasteiger partial charge in [-0.1, -0.05) is 0 Å². The van der Waals surface area contributed by atoms with Crippen molar-refractivity contribution in [2.75, 3.05) is 26.2 Å². The van der Waals surface area contributed by atoms with Gasteiger partial charge in [-0.3, -0.25) is 10.6 Å². The van der Waals surface area contributed by atoms with E-state index in [0.29, 0.717) is 6.61 Å². The van der Waals surface area contributed by atoms with Crippen molar-refractivity contribution in [3.05, 3.63) is 29.3 Å². The van der Waals surface area contributed by atoms with Crippen LogP contribution in [0.25, 0.3) is 0 Å². The molecule has 1 unspecified atom stereocenters. The van der Waals surface area contributed by atoms with Crippen LogP contribution in [-0.2, 0) is 4.74 Å². The number of rotatable bonds is 5. The van der Waals surface area contributed by atoms with Gasteiger partial charge in [0.1, 0.15) is 5.69 Å². The number of likely N-dealkylation sites (N-methyl/N-ethyl adjacent to an activating group) is 1. The molecule has 7 heteroatoms. The van der Waals surface area contributed by atoms with E-state index >= 15 is 0 Å². The number of hydrogen-bond donors (Lipinski definition) is 2. The van der Waals surface area contributed by atoms with Crippen molar-refractivity contribution in [1.82, 2.24) is 4.90 Å². The van der Waals surface area contributed by atoms with Crippen molar-refractivity contribution in [1.29, 1.82) is 0 Å². The number of halogens is 2. The van der Waals surface area contributed by atoms with Crippen molar-refractivity contribution in [3.63, 3.8) is 0 Å². The zero-order chi connectivity index (χ0) is 14.6. The Morgan fingerprint density at radius 2 is 2.00 bits per heavy atom.